The van der Waals surface area contributed by atoms with E-state index >= 15 is 0 Å². The number of aromatic nitrogens is 2. The van der Waals surface area contributed by atoms with Crippen LogP contribution in [0.4, 0.5) is 0 Å². The van der Waals surface area contributed by atoms with E-state index in [1.165, 1.54) is 37.9 Å². The Morgan fingerprint density at radius 2 is 2.21 bits per heavy atom. The molecular formula is C14H22N4S. The van der Waals surface area contributed by atoms with Gasteiger partial charge < -0.3 is 5.32 Å². The number of rotatable bonds is 2. The van der Waals surface area contributed by atoms with Crippen LogP contribution in [0, 0.1) is 5.41 Å². The molecule has 0 bridgehead atoms. The predicted molar refractivity (Wildman–Crippen MR) is 80.3 cm³/mol. The molecule has 0 atom stereocenters. The molecule has 3 rings (SSSR count). The van der Waals surface area contributed by atoms with Gasteiger partial charge in [-0.1, -0.05) is 31.0 Å². The van der Waals surface area contributed by atoms with Gasteiger partial charge in [0, 0.05) is 25.5 Å². The minimum atomic E-state index is 0.513. The molecule has 0 amide bonds. The second kappa shape index (κ2) is 5.57. The summed E-state index contributed by atoms with van der Waals surface area (Å²) >= 11 is 1.90. The number of aliphatic imine (C=N–C) groups is 1. The maximum atomic E-state index is 4.76. The molecule has 2 aliphatic rings. The Hall–Kier alpha value is -0.970. The molecule has 0 aromatic carbocycles. The van der Waals surface area contributed by atoms with Crippen molar-refractivity contribution in [1.82, 2.24) is 15.1 Å². The highest BCUT2D eigenvalue weighted by atomic mass is 32.2. The lowest BCUT2D eigenvalue weighted by atomic mass is 9.75. The van der Waals surface area contributed by atoms with Gasteiger partial charge in [-0.3, -0.25) is 9.67 Å². The summed E-state index contributed by atoms with van der Waals surface area (Å²) in [6.07, 6.45) is 8.93. The molecule has 2 heterocycles. The van der Waals surface area contributed by atoms with E-state index in [0.717, 1.165) is 24.0 Å². The Bertz CT molecular complexity index is 460. The average molecular weight is 278 g/mol. The van der Waals surface area contributed by atoms with Crippen molar-refractivity contribution in [3.8, 4) is 0 Å². The van der Waals surface area contributed by atoms with Crippen molar-refractivity contribution < 1.29 is 0 Å². The highest BCUT2D eigenvalue weighted by Gasteiger charge is 2.34. The maximum Gasteiger partial charge on any atom is 0.156 e. The summed E-state index contributed by atoms with van der Waals surface area (Å²) in [5.41, 5.74) is 1.59. The van der Waals surface area contributed by atoms with E-state index < -0.39 is 0 Å². The van der Waals surface area contributed by atoms with E-state index in [-0.39, 0.29) is 0 Å². The van der Waals surface area contributed by atoms with Crippen molar-refractivity contribution in [3.63, 3.8) is 0 Å². The molecule has 5 heteroatoms. The van der Waals surface area contributed by atoms with Crippen LogP contribution in [0.2, 0.25) is 0 Å². The van der Waals surface area contributed by atoms with Crippen molar-refractivity contribution in [2.75, 3.05) is 12.3 Å². The molecule has 1 aliphatic heterocycles. The summed E-state index contributed by atoms with van der Waals surface area (Å²) in [5, 5.41) is 8.88. The van der Waals surface area contributed by atoms with Crippen LogP contribution in [-0.4, -0.2) is 27.2 Å². The lowest BCUT2D eigenvalue weighted by molar-refractivity contribution is 0.232. The van der Waals surface area contributed by atoms with Gasteiger partial charge in [-0.25, -0.2) is 0 Å². The van der Waals surface area contributed by atoms with Crippen LogP contribution in [-0.2, 0) is 13.6 Å². The molecule has 1 aromatic rings. The number of hydrogen-bond acceptors (Lipinski definition) is 4. The zero-order valence-electron chi connectivity index (χ0n) is 11.6. The zero-order valence-corrected chi connectivity index (χ0v) is 12.4. The second-order valence-corrected chi connectivity index (χ2v) is 6.77. The van der Waals surface area contributed by atoms with Crippen LogP contribution >= 0.6 is 11.8 Å². The molecule has 0 unspecified atom stereocenters. The van der Waals surface area contributed by atoms with Gasteiger partial charge in [0.1, 0.15) is 0 Å². The van der Waals surface area contributed by atoms with E-state index in [9.17, 15) is 0 Å². The van der Waals surface area contributed by atoms with Crippen molar-refractivity contribution in [2.24, 2.45) is 17.5 Å². The van der Waals surface area contributed by atoms with Gasteiger partial charge in [0.25, 0.3) is 0 Å². The third kappa shape index (κ3) is 3.14. The predicted octanol–water partition coefficient (Wildman–Crippen LogP) is 2.56. The van der Waals surface area contributed by atoms with Gasteiger partial charge in [-0.2, -0.15) is 5.10 Å². The topological polar surface area (TPSA) is 42.2 Å². The third-order valence-corrected chi connectivity index (χ3v) is 5.48. The van der Waals surface area contributed by atoms with E-state index in [2.05, 4.69) is 10.4 Å². The Morgan fingerprint density at radius 3 is 2.84 bits per heavy atom. The SMILES string of the molecule is Cn1ccc(CNC2=NCC3(CCCCC3)CS2)n1. The minimum absolute atomic E-state index is 0.513. The van der Waals surface area contributed by atoms with Crippen LogP contribution in [0.5, 0.6) is 0 Å². The van der Waals surface area contributed by atoms with E-state index in [1.54, 1.807) is 0 Å². The maximum absolute atomic E-state index is 4.76. The van der Waals surface area contributed by atoms with Crippen molar-refractivity contribution in [1.29, 1.82) is 0 Å². The van der Waals surface area contributed by atoms with Gasteiger partial charge in [0.05, 0.1) is 12.2 Å². The standard InChI is InChI=1S/C14H22N4S/c1-18-8-5-12(17-18)9-15-13-16-10-14(11-19-13)6-3-2-4-7-14/h5,8H,2-4,6-7,9-11H2,1H3,(H,15,16). The van der Waals surface area contributed by atoms with E-state index in [1.807, 2.05) is 35.8 Å². The van der Waals surface area contributed by atoms with Crippen molar-refractivity contribution in [3.05, 3.63) is 18.0 Å². The third-order valence-electron chi connectivity index (χ3n) is 4.18. The average Bonchev–Trinajstić information content (AvgIpc) is 2.85. The minimum Gasteiger partial charge on any atom is -0.359 e. The van der Waals surface area contributed by atoms with Crippen LogP contribution in [0.15, 0.2) is 17.3 Å². The Kier molecular flexibility index (Phi) is 3.82. The van der Waals surface area contributed by atoms with Gasteiger partial charge in [0.15, 0.2) is 5.17 Å². The molecule has 1 aliphatic carbocycles. The number of nitrogens with one attached hydrogen (secondary N) is 1. The first-order valence-electron chi connectivity index (χ1n) is 7.15. The van der Waals surface area contributed by atoms with Crippen molar-refractivity contribution >= 4 is 16.9 Å². The molecule has 1 spiro atoms. The molecule has 1 fully saturated rings. The van der Waals surface area contributed by atoms with Crippen LogP contribution < -0.4 is 5.32 Å². The Balaban J connectivity index is 1.53. The Labute approximate surface area is 119 Å². The lowest BCUT2D eigenvalue weighted by Crippen LogP contribution is -2.36. The van der Waals surface area contributed by atoms with Gasteiger partial charge in [-0.05, 0) is 24.3 Å². The summed E-state index contributed by atoms with van der Waals surface area (Å²) < 4.78 is 1.84. The number of hydrogen-bond donors (Lipinski definition) is 1. The van der Waals surface area contributed by atoms with E-state index in [0.29, 0.717) is 5.41 Å². The monoisotopic (exact) mass is 278 g/mol. The fraction of sp³-hybridized carbons (Fsp3) is 0.714. The lowest BCUT2D eigenvalue weighted by Gasteiger charge is -2.38. The van der Waals surface area contributed by atoms with Crippen LogP contribution in [0.25, 0.3) is 0 Å². The molecule has 0 saturated heterocycles. The molecule has 4 nitrogen and oxygen atoms in total. The van der Waals surface area contributed by atoms with Crippen molar-refractivity contribution in [2.45, 2.75) is 38.6 Å². The largest absolute Gasteiger partial charge is 0.359 e. The number of amidine groups is 1. The molecule has 1 saturated carbocycles. The number of thioether (sulfide) groups is 1. The zero-order chi connectivity index (χ0) is 13.1. The normalized spacial score (nSPS) is 22.3. The first-order valence-corrected chi connectivity index (χ1v) is 8.14. The van der Waals surface area contributed by atoms with Gasteiger partial charge >= 0.3 is 0 Å². The highest BCUT2D eigenvalue weighted by molar-refractivity contribution is 8.13. The summed E-state index contributed by atoms with van der Waals surface area (Å²) in [6, 6.07) is 2.05. The quantitative estimate of drug-likeness (QED) is 0.904. The fourth-order valence-electron chi connectivity index (χ4n) is 2.99. The number of aryl methyl sites for hydroxylation is 1. The second-order valence-electron chi connectivity index (χ2n) is 5.81. The summed E-state index contributed by atoms with van der Waals surface area (Å²) in [5.74, 6) is 1.24. The first-order chi connectivity index (χ1) is 9.26. The number of nitrogens with zero attached hydrogens (tertiary/aromatic N) is 3. The Morgan fingerprint density at radius 1 is 1.37 bits per heavy atom. The molecule has 1 N–H and O–H groups in total. The smallest absolute Gasteiger partial charge is 0.156 e. The molecule has 19 heavy (non-hydrogen) atoms. The summed E-state index contributed by atoms with van der Waals surface area (Å²) in [7, 11) is 1.95. The van der Waals surface area contributed by atoms with Gasteiger partial charge in [0.2, 0.25) is 0 Å². The van der Waals surface area contributed by atoms with Gasteiger partial charge in [-0.15, -0.1) is 0 Å². The van der Waals surface area contributed by atoms with E-state index in [4.69, 9.17) is 4.99 Å². The van der Waals surface area contributed by atoms with Crippen LogP contribution in [0.3, 0.4) is 0 Å². The first kappa shape index (κ1) is 13.0. The summed E-state index contributed by atoms with van der Waals surface area (Å²) in [4.78, 5) is 4.76. The fourth-order valence-corrected chi connectivity index (χ4v) is 4.14. The molecule has 0 radical (unpaired) electrons. The summed E-state index contributed by atoms with van der Waals surface area (Å²) in [6.45, 7) is 1.80. The molecule has 104 valence electrons. The molecule has 1 aromatic heterocycles. The van der Waals surface area contributed by atoms with Crippen LogP contribution in [0.1, 0.15) is 37.8 Å². The molecular weight excluding hydrogens is 256 g/mol. The highest BCUT2D eigenvalue weighted by Crippen LogP contribution is 2.41.